The van der Waals surface area contributed by atoms with Gasteiger partial charge in [-0.1, -0.05) is 12.8 Å². The van der Waals surface area contributed by atoms with Crippen LogP contribution in [0.4, 0.5) is 0 Å². The first kappa shape index (κ1) is 20.0. The molecule has 2 fully saturated rings. The van der Waals surface area contributed by atoms with Crippen molar-refractivity contribution >= 4 is 30.7 Å². The first-order valence-corrected chi connectivity index (χ1v) is 7.46. The van der Waals surface area contributed by atoms with Crippen LogP contribution in [0.2, 0.25) is 0 Å². The standard InChI is InChI=1S/C14H27N3O.2ClH/c1-17(13-6-2-3-7-13)10-9-16-14(18)12-5-4-8-15-11-12;;/h12-13,15H,2-11H2,1H3,(H,16,18);2*1H. The molecule has 2 aliphatic rings. The number of amides is 1. The molecule has 4 nitrogen and oxygen atoms in total. The SMILES string of the molecule is CN(CCNC(=O)C1CCCNC1)C1CCCC1.Cl.Cl. The molecule has 0 spiro atoms. The highest BCUT2D eigenvalue weighted by atomic mass is 35.5. The van der Waals surface area contributed by atoms with Gasteiger partial charge in [0, 0.05) is 25.7 Å². The molecule has 6 heteroatoms. The summed E-state index contributed by atoms with van der Waals surface area (Å²) >= 11 is 0. The summed E-state index contributed by atoms with van der Waals surface area (Å²) in [5.41, 5.74) is 0. The number of carbonyl (C=O) groups is 1. The predicted molar refractivity (Wildman–Crippen MR) is 88.0 cm³/mol. The van der Waals surface area contributed by atoms with Crippen molar-refractivity contribution in [2.75, 3.05) is 33.2 Å². The lowest BCUT2D eigenvalue weighted by Gasteiger charge is -2.25. The van der Waals surface area contributed by atoms with Gasteiger partial charge in [0.2, 0.25) is 5.91 Å². The maximum atomic E-state index is 11.9. The second kappa shape index (κ2) is 10.7. The Kier molecular flexibility index (Phi) is 10.6. The molecule has 1 unspecified atom stereocenters. The molecule has 0 bridgehead atoms. The topological polar surface area (TPSA) is 44.4 Å². The molecule has 0 aromatic heterocycles. The van der Waals surface area contributed by atoms with Crippen molar-refractivity contribution in [2.24, 2.45) is 5.92 Å². The third-order valence-corrected chi connectivity index (χ3v) is 4.38. The van der Waals surface area contributed by atoms with Crippen LogP contribution in [-0.2, 0) is 4.79 Å². The fourth-order valence-corrected chi connectivity index (χ4v) is 3.10. The van der Waals surface area contributed by atoms with E-state index < -0.39 is 0 Å². The van der Waals surface area contributed by atoms with E-state index in [1.54, 1.807) is 0 Å². The molecule has 1 saturated carbocycles. The Morgan fingerprint density at radius 2 is 1.90 bits per heavy atom. The molecule has 20 heavy (non-hydrogen) atoms. The zero-order valence-electron chi connectivity index (χ0n) is 12.4. The zero-order valence-corrected chi connectivity index (χ0v) is 14.0. The highest BCUT2D eigenvalue weighted by Gasteiger charge is 2.22. The van der Waals surface area contributed by atoms with Gasteiger partial charge < -0.3 is 15.5 Å². The number of hydrogen-bond donors (Lipinski definition) is 2. The second-order valence-corrected chi connectivity index (χ2v) is 5.75. The van der Waals surface area contributed by atoms with Gasteiger partial charge in [0.15, 0.2) is 0 Å². The van der Waals surface area contributed by atoms with Crippen LogP contribution in [0.5, 0.6) is 0 Å². The number of carbonyl (C=O) groups excluding carboxylic acids is 1. The van der Waals surface area contributed by atoms with Crippen LogP contribution in [0.15, 0.2) is 0 Å². The lowest BCUT2D eigenvalue weighted by molar-refractivity contribution is -0.125. The fourth-order valence-electron chi connectivity index (χ4n) is 3.10. The van der Waals surface area contributed by atoms with E-state index in [0.29, 0.717) is 0 Å². The summed E-state index contributed by atoms with van der Waals surface area (Å²) in [6.07, 6.45) is 7.57. The van der Waals surface area contributed by atoms with Gasteiger partial charge >= 0.3 is 0 Å². The molecule has 2 N–H and O–H groups in total. The summed E-state index contributed by atoms with van der Waals surface area (Å²) in [7, 11) is 2.18. The van der Waals surface area contributed by atoms with Gasteiger partial charge in [-0.25, -0.2) is 0 Å². The normalized spacial score (nSPS) is 23.0. The molecule has 0 radical (unpaired) electrons. The van der Waals surface area contributed by atoms with Crippen molar-refractivity contribution < 1.29 is 4.79 Å². The van der Waals surface area contributed by atoms with E-state index in [2.05, 4.69) is 22.6 Å². The molecule has 0 aromatic carbocycles. The summed E-state index contributed by atoms with van der Waals surface area (Å²) in [4.78, 5) is 14.3. The van der Waals surface area contributed by atoms with Crippen LogP contribution in [0.25, 0.3) is 0 Å². The minimum atomic E-state index is 0. The smallest absolute Gasteiger partial charge is 0.224 e. The van der Waals surface area contributed by atoms with E-state index in [1.165, 1.54) is 25.7 Å². The molecule has 1 aliphatic heterocycles. The quantitative estimate of drug-likeness (QED) is 0.810. The van der Waals surface area contributed by atoms with Gasteiger partial charge in [-0.15, -0.1) is 24.8 Å². The monoisotopic (exact) mass is 325 g/mol. The maximum Gasteiger partial charge on any atom is 0.224 e. The minimum absolute atomic E-state index is 0. The molecule has 1 aliphatic carbocycles. The number of rotatable bonds is 5. The average molecular weight is 326 g/mol. The van der Waals surface area contributed by atoms with Gasteiger partial charge in [0.05, 0.1) is 5.92 Å². The summed E-state index contributed by atoms with van der Waals surface area (Å²) < 4.78 is 0. The molecule has 0 aromatic rings. The average Bonchev–Trinajstić information content (AvgIpc) is 2.93. The Morgan fingerprint density at radius 1 is 1.20 bits per heavy atom. The van der Waals surface area contributed by atoms with Crippen LogP contribution in [0.1, 0.15) is 38.5 Å². The highest BCUT2D eigenvalue weighted by Crippen LogP contribution is 2.21. The third-order valence-electron chi connectivity index (χ3n) is 4.38. The number of likely N-dealkylation sites (N-methyl/N-ethyl adjacent to an activating group) is 1. The van der Waals surface area contributed by atoms with E-state index in [1.807, 2.05) is 0 Å². The van der Waals surface area contributed by atoms with Crippen LogP contribution >= 0.6 is 24.8 Å². The van der Waals surface area contributed by atoms with Crippen molar-refractivity contribution in [2.45, 2.75) is 44.6 Å². The molecular formula is C14H29Cl2N3O. The molecule has 1 saturated heterocycles. The minimum Gasteiger partial charge on any atom is -0.355 e. The number of nitrogens with one attached hydrogen (secondary N) is 2. The molecule has 1 heterocycles. The van der Waals surface area contributed by atoms with Crippen molar-refractivity contribution in [3.63, 3.8) is 0 Å². The Bertz CT molecular complexity index is 267. The Labute approximate surface area is 135 Å². The number of halogens is 2. The molecule has 1 amide bonds. The predicted octanol–water partition coefficient (Wildman–Crippen LogP) is 1.82. The van der Waals surface area contributed by atoms with Crippen LogP contribution in [0, 0.1) is 5.92 Å². The van der Waals surface area contributed by atoms with Crippen LogP contribution in [0.3, 0.4) is 0 Å². The molecule has 1 atom stereocenters. The van der Waals surface area contributed by atoms with Crippen molar-refractivity contribution in [3.8, 4) is 0 Å². The fraction of sp³-hybridized carbons (Fsp3) is 0.929. The Hall–Kier alpha value is -0.0300. The summed E-state index contributed by atoms with van der Waals surface area (Å²) in [5.74, 6) is 0.428. The van der Waals surface area contributed by atoms with Gasteiger partial charge in [-0.2, -0.15) is 0 Å². The zero-order chi connectivity index (χ0) is 12.8. The second-order valence-electron chi connectivity index (χ2n) is 5.75. The number of piperidine rings is 1. The Balaban J connectivity index is 0.00000180. The van der Waals surface area contributed by atoms with Crippen LogP contribution < -0.4 is 10.6 Å². The molecule has 2 rings (SSSR count). The first-order valence-electron chi connectivity index (χ1n) is 7.46. The van der Waals surface area contributed by atoms with Gasteiger partial charge in [0.1, 0.15) is 0 Å². The highest BCUT2D eigenvalue weighted by molar-refractivity contribution is 5.85. The summed E-state index contributed by atoms with van der Waals surface area (Å²) in [5, 5.41) is 6.37. The van der Waals surface area contributed by atoms with Gasteiger partial charge in [-0.3, -0.25) is 4.79 Å². The maximum absolute atomic E-state index is 11.9. The third kappa shape index (κ3) is 6.17. The van der Waals surface area contributed by atoms with Crippen LogP contribution in [-0.4, -0.2) is 50.1 Å². The van der Waals surface area contributed by atoms with Crippen molar-refractivity contribution in [1.29, 1.82) is 0 Å². The molecular weight excluding hydrogens is 297 g/mol. The first-order chi connectivity index (χ1) is 8.77. The molecule has 120 valence electrons. The van der Waals surface area contributed by atoms with E-state index in [4.69, 9.17) is 0 Å². The lowest BCUT2D eigenvalue weighted by atomic mass is 9.99. The van der Waals surface area contributed by atoms with Gasteiger partial charge in [-0.05, 0) is 39.3 Å². The largest absolute Gasteiger partial charge is 0.355 e. The van der Waals surface area contributed by atoms with Crippen molar-refractivity contribution in [1.82, 2.24) is 15.5 Å². The van der Waals surface area contributed by atoms with Crippen molar-refractivity contribution in [3.05, 3.63) is 0 Å². The van der Waals surface area contributed by atoms with E-state index >= 15 is 0 Å². The van der Waals surface area contributed by atoms with E-state index in [9.17, 15) is 4.79 Å². The van der Waals surface area contributed by atoms with E-state index in [-0.39, 0.29) is 36.6 Å². The number of nitrogens with zero attached hydrogens (tertiary/aromatic N) is 1. The van der Waals surface area contributed by atoms with E-state index in [0.717, 1.165) is 45.1 Å². The summed E-state index contributed by atoms with van der Waals surface area (Å²) in [6, 6.07) is 0.748. The summed E-state index contributed by atoms with van der Waals surface area (Å²) in [6.45, 7) is 3.69. The van der Waals surface area contributed by atoms with Gasteiger partial charge in [0.25, 0.3) is 0 Å². The lowest BCUT2D eigenvalue weighted by Crippen LogP contribution is -2.43. The Morgan fingerprint density at radius 3 is 2.50 bits per heavy atom. The number of hydrogen-bond acceptors (Lipinski definition) is 3.